The number of nitrogens with one attached hydrogen (secondary N) is 1. The van der Waals surface area contributed by atoms with Crippen LogP contribution in [0.25, 0.3) is 0 Å². The number of nitrogens with two attached hydrogens (primary N) is 1. The van der Waals surface area contributed by atoms with Gasteiger partial charge < -0.3 is 11.1 Å². The predicted octanol–water partition coefficient (Wildman–Crippen LogP) is 1.28. The molecule has 0 saturated heterocycles. The molecule has 0 heterocycles. The lowest BCUT2D eigenvalue weighted by molar-refractivity contribution is -0.117. The van der Waals surface area contributed by atoms with Crippen LogP contribution in [-0.4, -0.2) is 18.5 Å². The Bertz CT molecular complexity index is 194. The van der Waals surface area contributed by atoms with Crippen LogP contribution in [-0.2, 0) is 4.79 Å². The van der Waals surface area contributed by atoms with E-state index in [9.17, 15) is 4.79 Å². The van der Waals surface area contributed by atoms with Gasteiger partial charge >= 0.3 is 0 Å². The van der Waals surface area contributed by atoms with Gasteiger partial charge in [0.15, 0.2) is 0 Å². The Morgan fingerprint density at radius 1 is 1.50 bits per heavy atom. The molecule has 0 aromatic rings. The number of rotatable bonds is 5. The van der Waals surface area contributed by atoms with Crippen LogP contribution in [0.2, 0.25) is 0 Å². The molecule has 0 spiro atoms. The molecule has 0 aromatic heterocycles. The van der Waals surface area contributed by atoms with Gasteiger partial charge in [0, 0.05) is 19.0 Å². The molecule has 3 unspecified atom stereocenters. The first kappa shape index (κ1) is 11.5. The van der Waals surface area contributed by atoms with Crippen molar-refractivity contribution in [3.05, 3.63) is 0 Å². The lowest BCUT2D eigenvalue weighted by Gasteiger charge is -2.20. The normalized spacial score (nSPS) is 32.0. The summed E-state index contributed by atoms with van der Waals surface area (Å²) in [6, 6.07) is 0.597. The molecule has 0 aromatic carbocycles. The van der Waals surface area contributed by atoms with Crippen molar-refractivity contribution in [2.75, 3.05) is 6.54 Å². The van der Waals surface area contributed by atoms with E-state index in [4.69, 9.17) is 5.73 Å². The summed E-state index contributed by atoms with van der Waals surface area (Å²) in [5, 5.41) is 3.43. The van der Waals surface area contributed by atoms with Crippen LogP contribution in [0.15, 0.2) is 0 Å². The molecule has 0 aliphatic heterocycles. The Labute approximate surface area is 86.4 Å². The summed E-state index contributed by atoms with van der Waals surface area (Å²) in [6.07, 6.45) is 4.31. The lowest BCUT2D eigenvalue weighted by atomic mass is 9.93. The standard InChI is InChI=1S/C11H22N2O/c1-3-9-4-5-10(8(9)2)13-7-6-11(12)14/h8-10,13H,3-7H2,1-2H3,(H2,12,14). The third-order valence-corrected chi connectivity index (χ3v) is 3.53. The van der Waals surface area contributed by atoms with E-state index >= 15 is 0 Å². The molecule has 0 radical (unpaired) electrons. The highest BCUT2D eigenvalue weighted by molar-refractivity contribution is 5.73. The highest BCUT2D eigenvalue weighted by Crippen LogP contribution is 2.33. The van der Waals surface area contributed by atoms with Gasteiger partial charge in [0.05, 0.1) is 0 Å². The fourth-order valence-electron chi connectivity index (χ4n) is 2.49. The van der Waals surface area contributed by atoms with E-state index in [1.165, 1.54) is 19.3 Å². The molecule has 1 amide bonds. The number of carbonyl (C=O) groups excluding carboxylic acids is 1. The molecule has 3 nitrogen and oxygen atoms in total. The fraction of sp³-hybridized carbons (Fsp3) is 0.909. The average molecular weight is 198 g/mol. The van der Waals surface area contributed by atoms with Crippen molar-refractivity contribution in [1.29, 1.82) is 0 Å². The van der Waals surface area contributed by atoms with Crippen LogP contribution in [0.1, 0.15) is 39.5 Å². The monoisotopic (exact) mass is 198 g/mol. The van der Waals surface area contributed by atoms with E-state index in [-0.39, 0.29) is 5.91 Å². The average Bonchev–Trinajstić information content (AvgIpc) is 2.47. The molecule has 1 aliphatic carbocycles. The topological polar surface area (TPSA) is 55.1 Å². The summed E-state index contributed by atoms with van der Waals surface area (Å²) >= 11 is 0. The molecule has 1 aliphatic rings. The van der Waals surface area contributed by atoms with E-state index in [1.807, 2.05) is 0 Å². The predicted molar refractivity (Wildman–Crippen MR) is 57.8 cm³/mol. The van der Waals surface area contributed by atoms with Crippen LogP contribution in [0.3, 0.4) is 0 Å². The minimum atomic E-state index is -0.213. The van der Waals surface area contributed by atoms with Crippen molar-refractivity contribution in [2.24, 2.45) is 17.6 Å². The number of hydrogen-bond acceptors (Lipinski definition) is 2. The van der Waals surface area contributed by atoms with Crippen molar-refractivity contribution in [1.82, 2.24) is 5.32 Å². The van der Waals surface area contributed by atoms with E-state index in [0.29, 0.717) is 12.5 Å². The first-order chi connectivity index (χ1) is 6.65. The second-order valence-electron chi connectivity index (χ2n) is 4.38. The van der Waals surface area contributed by atoms with Crippen molar-refractivity contribution < 1.29 is 4.79 Å². The summed E-state index contributed by atoms with van der Waals surface area (Å²) in [5.74, 6) is 1.39. The summed E-state index contributed by atoms with van der Waals surface area (Å²) in [6.45, 7) is 5.30. The van der Waals surface area contributed by atoms with Crippen molar-refractivity contribution >= 4 is 5.91 Å². The van der Waals surface area contributed by atoms with Gasteiger partial charge in [-0.1, -0.05) is 20.3 Å². The zero-order valence-corrected chi connectivity index (χ0v) is 9.25. The fourth-order valence-corrected chi connectivity index (χ4v) is 2.49. The molecule has 14 heavy (non-hydrogen) atoms. The lowest BCUT2D eigenvalue weighted by Crippen LogP contribution is -2.34. The van der Waals surface area contributed by atoms with Gasteiger partial charge in [0.2, 0.25) is 5.91 Å². The van der Waals surface area contributed by atoms with E-state index in [0.717, 1.165) is 18.4 Å². The van der Waals surface area contributed by atoms with Crippen LogP contribution in [0, 0.1) is 11.8 Å². The van der Waals surface area contributed by atoms with Crippen molar-refractivity contribution in [3.63, 3.8) is 0 Å². The first-order valence-corrected chi connectivity index (χ1v) is 5.66. The Morgan fingerprint density at radius 2 is 2.21 bits per heavy atom. The molecule has 82 valence electrons. The van der Waals surface area contributed by atoms with Gasteiger partial charge in [0.25, 0.3) is 0 Å². The van der Waals surface area contributed by atoms with E-state index in [1.54, 1.807) is 0 Å². The Morgan fingerprint density at radius 3 is 2.71 bits per heavy atom. The van der Waals surface area contributed by atoms with Gasteiger partial charge in [0.1, 0.15) is 0 Å². The highest BCUT2D eigenvalue weighted by Gasteiger charge is 2.30. The van der Waals surface area contributed by atoms with Crippen molar-refractivity contribution in [3.8, 4) is 0 Å². The van der Waals surface area contributed by atoms with Crippen LogP contribution < -0.4 is 11.1 Å². The summed E-state index contributed by atoms with van der Waals surface area (Å²) in [5.41, 5.74) is 5.09. The molecule has 0 bridgehead atoms. The second kappa shape index (κ2) is 5.35. The Balaban J connectivity index is 2.22. The third-order valence-electron chi connectivity index (χ3n) is 3.53. The second-order valence-corrected chi connectivity index (χ2v) is 4.38. The minimum absolute atomic E-state index is 0.213. The van der Waals surface area contributed by atoms with Crippen LogP contribution >= 0.6 is 0 Å². The maximum atomic E-state index is 10.6. The summed E-state index contributed by atoms with van der Waals surface area (Å²) in [7, 11) is 0. The summed E-state index contributed by atoms with van der Waals surface area (Å²) < 4.78 is 0. The van der Waals surface area contributed by atoms with Gasteiger partial charge in [-0.15, -0.1) is 0 Å². The SMILES string of the molecule is CCC1CCC(NCCC(N)=O)C1C. The molecular formula is C11H22N2O. The highest BCUT2D eigenvalue weighted by atomic mass is 16.1. The molecule has 3 heteroatoms. The van der Waals surface area contributed by atoms with Crippen LogP contribution in [0.4, 0.5) is 0 Å². The molecular weight excluding hydrogens is 176 g/mol. The van der Waals surface area contributed by atoms with Gasteiger partial charge in [-0.3, -0.25) is 4.79 Å². The number of primary amides is 1. The minimum Gasteiger partial charge on any atom is -0.370 e. The zero-order valence-electron chi connectivity index (χ0n) is 9.25. The van der Waals surface area contributed by atoms with E-state index < -0.39 is 0 Å². The number of carbonyl (C=O) groups is 1. The van der Waals surface area contributed by atoms with E-state index in [2.05, 4.69) is 19.2 Å². The van der Waals surface area contributed by atoms with Gasteiger partial charge in [-0.2, -0.15) is 0 Å². The van der Waals surface area contributed by atoms with Crippen LogP contribution in [0.5, 0.6) is 0 Å². The zero-order chi connectivity index (χ0) is 10.6. The largest absolute Gasteiger partial charge is 0.370 e. The van der Waals surface area contributed by atoms with Crippen molar-refractivity contribution in [2.45, 2.75) is 45.6 Å². The van der Waals surface area contributed by atoms with Gasteiger partial charge in [-0.05, 0) is 24.7 Å². The molecule has 1 rings (SSSR count). The summed E-state index contributed by atoms with van der Waals surface area (Å²) in [4.78, 5) is 10.6. The maximum Gasteiger partial charge on any atom is 0.218 e. The van der Waals surface area contributed by atoms with Gasteiger partial charge in [-0.25, -0.2) is 0 Å². The number of hydrogen-bond donors (Lipinski definition) is 2. The quantitative estimate of drug-likeness (QED) is 0.699. The molecule has 1 saturated carbocycles. The Kier molecular flexibility index (Phi) is 4.39. The molecule has 3 atom stereocenters. The molecule has 1 fully saturated rings. The molecule has 3 N–H and O–H groups in total. The smallest absolute Gasteiger partial charge is 0.218 e. The maximum absolute atomic E-state index is 10.6. The first-order valence-electron chi connectivity index (χ1n) is 5.66. The third kappa shape index (κ3) is 2.98. The Hall–Kier alpha value is -0.570. The number of amides is 1.